The van der Waals surface area contributed by atoms with E-state index in [1.165, 1.54) is 25.3 Å². The van der Waals surface area contributed by atoms with Crippen molar-refractivity contribution in [3.05, 3.63) is 47.5 Å². The molecule has 2 aromatic rings. The van der Waals surface area contributed by atoms with Crippen LogP contribution < -0.4 is 18.9 Å². The second-order valence-corrected chi connectivity index (χ2v) is 9.55. The third-order valence-corrected chi connectivity index (χ3v) is 7.26. The van der Waals surface area contributed by atoms with Crippen molar-refractivity contribution in [1.29, 1.82) is 0 Å². The maximum Gasteiger partial charge on any atom is 0.312 e. The summed E-state index contributed by atoms with van der Waals surface area (Å²) in [5, 5.41) is 62.0. The lowest BCUT2D eigenvalue weighted by Crippen LogP contribution is -2.60. The van der Waals surface area contributed by atoms with Crippen molar-refractivity contribution in [2.24, 2.45) is 11.8 Å². The van der Waals surface area contributed by atoms with Crippen LogP contribution in [0.25, 0.3) is 0 Å². The summed E-state index contributed by atoms with van der Waals surface area (Å²) >= 11 is 0. The summed E-state index contributed by atoms with van der Waals surface area (Å²) < 4.78 is 32.3. The fourth-order valence-electron chi connectivity index (χ4n) is 5.01. The Balaban J connectivity index is 1.35. The quantitative estimate of drug-likeness (QED) is 0.223. The van der Waals surface area contributed by atoms with Gasteiger partial charge in [-0.15, -0.1) is 0 Å². The predicted octanol–water partition coefficient (Wildman–Crippen LogP) is -0.841. The Hall–Kier alpha value is -3.17. The molecule has 2 fully saturated rings. The first-order valence-electron chi connectivity index (χ1n) is 12.3. The van der Waals surface area contributed by atoms with Crippen LogP contribution in [0.3, 0.4) is 0 Å². The SMILES string of the molecule is COc1cc(C(O)[C@H]2C(=O)OC[C@@H]2C(O)c2ccc3c(c2)OCO3)ccc1O[C@@H]1O[C@H](CO)[C@@H](O)[C@H](O)[C@H]1O. The maximum atomic E-state index is 12.7. The van der Waals surface area contributed by atoms with Gasteiger partial charge in [-0.05, 0) is 35.4 Å². The van der Waals surface area contributed by atoms with Crippen molar-refractivity contribution in [3.8, 4) is 23.0 Å². The lowest BCUT2D eigenvalue weighted by atomic mass is 9.81. The molecule has 3 aliphatic heterocycles. The van der Waals surface area contributed by atoms with E-state index in [0.717, 1.165) is 0 Å². The van der Waals surface area contributed by atoms with Crippen molar-refractivity contribution in [2.45, 2.75) is 42.9 Å². The number of benzene rings is 2. The Kier molecular flexibility index (Phi) is 7.82. The molecule has 13 heteroatoms. The van der Waals surface area contributed by atoms with E-state index in [0.29, 0.717) is 17.1 Å². The minimum absolute atomic E-state index is 0.0590. The number of carbonyl (C=O) groups excluding carboxylic acids is 1. The van der Waals surface area contributed by atoms with E-state index in [-0.39, 0.29) is 30.5 Å². The van der Waals surface area contributed by atoms with Crippen LogP contribution in [-0.2, 0) is 14.3 Å². The minimum Gasteiger partial charge on any atom is -0.493 e. The minimum atomic E-state index is -1.63. The van der Waals surface area contributed by atoms with Crippen LogP contribution in [0.2, 0.25) is 0 Å². The Morgan fingerprint density at radius 1 is 0.897 bits per heavy atom. The molecule has 0 saturated carbocycles. The van der Waals surface area contributed by atoms with E-state index in [9.17, 15) is 35.4 Å². The van der Waals surface area contributed by atoms with Crippen molar-refractivity contribution >= 4 is 5.97 Å². The fraction of sp³-hybridized carbons (Fsp3) is 0.500. The number of hydrogen-bond donors (Lipinski definition) is 6. The number of esters is 1. The molecule has 3 aliphatic rings. The van der Waals surface area contributed by atoms with Gasteiger partial charge in [-0.2, -0.15) is 0 Å². The Labute approximate surface area is 222 Å². The van der Waals surface area contributed by atoms with E-state index < -0.39 is 67.3 Å². The number of aliphatic hydroxyl groups excluding tert-OH is 6. The molecule has 0 radical (unpaired) electrons. The topological polar surface area (TPSA) is 194 Å². The molecule has 212 valence electrons. The van der Waals surface area contributed by atoms with Crippen LogP contribution in [0, 0.1) is 11.8 Å². The molecule has 2 aromatic carbocycles. The predicted molar refractivity (Wildman–Crippen MR) is 128 cm³/mol. The summed E-state index contributed by atoms with van der Waals surface area (Å²) in [6.45, 7) is -0.658. The lowest BCUT2D eigenvalue weighted by Gasteiger charge is -2.39. The van der Waals surface area contributed by atoms with Crippen LogP contribution in [0.4, 0.5) is 0 Å². The molecule has 5 rings (SSSR count). The molecule has 3 heterocycles. The highest BCUT2D eigenvalue weighted by molar-refractivity contribution is 5.76. The van der Waals surface area contributed by atoms with Gasteiger partial charge < -0.3 is 59.1 Å². The van der Waals surface area contributed by atoms with Gasteiger partial charge in [0.05, 0.1) is 38.4 Å². The second kappa shape index (κ2) is 11.1. The zero-order valence-corrected chi connectivity index (χ0v) is 20.8. The van der Waals surface area contributed by atoms with Gasteiger partial charge in [0.1, 0.15) is 24.4 Å². The molecule has 2 saturated heterocycles. The highest BCUT2D eigenvalue weighted by Crippen LogP contribution is 2.44. The maximum absolute atomic E-state index is 12.7. The first-order chi connectivity index (χ1) is 18.7. The molecule has 2 unspecified atom stereocenters. The highest BCUT2D eigenvalue weighted by atomic mass is 16.7. The van der Waals surface area contributed by atoms with Gasteiger partial charge in [-0.1, -0.05) is 12.1 Å². The van der Waals surface area contributed by atoms with Crippen LogP contribution in [-0.4, -0.2) is 94.4 Å². The van der Waals surface area contributed by atoms with Crippen molar-refractivity contribution < 1.29 is 63.9 Å². The molecular formula is C26H30O13. The van der Waals surface area contributed by atoms with Gasteiger partial charge in [0, 0.05) is 5.92 Å². The lowest BCUT2D eigenvalue weighted by molar-refractivity contribution is -0.277. The number of carbonyl (C=O) groups is 1. The van der Waals surface area contributed by atoms with E-state index in [1.54, 1.807) is 18.2 Å². The molecule has 0 spiro atoms. The van der Waals surface area contributed by atoms with E-state index in [2.05, 4.69) is 0 Å². The van der Waals surface area contributed by atoms with Crippen molar-refractivity contribution in [1.82, 2.24) is 0 Å². The summed E-state index contributed by atoms with van der Waals surface area (Å²) in [6.07, 6.45) is -9.96. The average Bonchev–Trinajstić information content (AvgIpc) is 3.58. The molecule has 0 bridgehead atoms. The summed E-state index contributed by atoms with van der Waals surface area (Å²) in [5.41, 5.74) is 0.736. The summed E-state index contributed by atoms with van der Waals surface area (Å²) in [6, 6.07) is 9.21. The van der Waals surface area contributed by atoms with Crippen molar-refractivity contribution in [3.63, 3.8) is 0 Å². The third-order valence-electron chi connectivity index (χ3n) is 7.26. The third kappa shape index (κ3) is 5.10. The molecule has 9 atom stereocenters. The van der Waals surface area contributed by atoms with Gasteiger partial charge in [0.15, 0.2) is 23.0 Å². The number of rotatable bonds is 8. The normalized spacial score (nSPS) is 31.5. The molecule has 13 nitrogen and oxygen atoms in total. The largest absolute Gasteiger partial charge is 0.493 e. The number of fused-ring (bicyclic) bond motifs is 1. The van der Waals surface area contributed by atoms with Gasteiger partial charge in [0.25, 0.3) is 0 Å². The number of ether oxygens (including phenoxy) is 6. The summed E-state index contributed by atoms with van der Waals surface area (Å²) in [5.74, 6) is -1.39. The van der Waals surface area contributed by atoms with E-state index in [1.807, 2.05) is 0 Å². The van der Waals surface area contributed by atoms with E-state index in [4.69, 9.17) is 28.4 Å². The number of methoxy groups -OCH3 is 1. The Morgan fingerprint density at radius 3 is 2.36 bits per heavy atom. The summed E-state index contributed by atoms with van der Waals surface area (Å²) in [7, 11) is 1.33. The molecule has 0 amide bonds. The monoisotopic (exact) mass is 550 g/mol. The van der Waals surface area contributed by atoms with Gasteiger partial charge in [-0.3, -0.25) is 4.79 Å². The van der Waals surface area contributed by atoms with Crippen LogP contribution in [0.15, 0.2) is 36.4 Å². The zero-order chi connectivity index (χ0) is 27.8. The number of hydrogen-bond acceptors (Lipinski definition) is 13. The molecule has 39 heavy (non-hydrogen) atoms. The standard InChI is InChI=1S/C26H30O13/c1-34-16-6-12(3-5-15(16)38-26-24(32)23(31)22(30)18(8-27)39-26)21(29)19-13(9-35-25(19)33)20(28)11-2-4-14-17(7-11)37-10-36-14/h2-7,13,18-24,26-32H,8-10H2,1H3/t13-,18+,19-,20?,21?,22+,23-,24+,26+/m0/s1. The number of cyclic esters (lactones) is 1. The molecule has 0 aliphatic carbocycles. The number of aliphatic hydroxyl groups is 6. The van der Waals surface area contributed by atoms with Crippen molar-refractivity contribution in [2.75, 3.05) is 27.1 Å². The van der Waals surface area contributed by atoms with Crippen LogP contribution >= 0.6 is 0 Å². The molecule has 6 N–H and O–H groups in total. The van der Waals surface area contributed by atoms with Gasteiger partial charge >= 0.3 is 5.97 Å². The first-order valence-corrected chi connectivity index (χ1v) is 12.3. The first kappa shape index (κ1) is 27.4. The smallest absolute Gasteiger partial charge is 0.312 e. The Bertz CT molecular complexity index is 1190. The molecule has 0 aromatic heterocycles. The Morgan fingerprint density at radius 2 is 1.62 bits per heavy atom. The summed E-state index contributed by atoms with van der Waals surface area (Å²) in [4.78, 5) is 12.7. The van der Waals surface area contributed by atoms with Gasteiger partial charge in [0.2, 0.25) is 13.1 Å². The average molecular weight is 551 g/mol. The van der Waals surface area contributed by atoms with E-state index >= 15 is 0 Å². The van der Waals surface area contributed by atoms with Gasteiger partial charge in [-0.25, -0.2) is 0 Å². The molecular weight excluding hydrogens is 520 g/mol. The second-order valence-electron chi connectivity index (χ2n) is 9.55. The highest BCUT2D eigenvalue weighted by Gasteiger charge is 2.47. The van der Waals surface area contributed by atoms with Crippen LogP contribution in [0.5, 0.6) is 23.0 Å². The van der Waals surface area contributed by atoms with Crippen LogP contribution in [0.1, 0.15) is 23.3 Å². The fourth-order valence-corrected chi connectivity index (χ4v) is 5.01. The zero-order valence-electron chi connectivity index (χ0n) is 20.8.